The van der Waals surface area contributed by atoms with Gasteiger partial charge in [0.15, 0.2) is 0 Å². The fourth-order valence-electron chi connectivity index (χ4n) is 5.04. The molecule has 0 spiro atoms. The van der Waals surface area contributed by atoms with Gasteiger partial charge in [0.2, 0.25) is 6.41 Å². The van der Waals surface area contributed by atoms with Crippen LogP contribution in [0.3, 0.4) is 0 Å². The molecule has 0 aliphatic carbocycles. The number of nitrogens with one attached hydrogen (secondary N) is 3. The van der Waals surface area contributed by atoms with Crippen LogP contribution < -0.4 is 32.1 Å². The average Bonchev–Trinajstić information content (AvgIpc) is 3.13. The largest absolute Gasteiger partial charge is 0.468 e. The number of ether oxygens (including phenoxy) is 1. The monoisotopic (exact) mass is 917 g/mol. The number of hydrogen-bond donors (Lipinski definition) is 7. The number of aliphatic hydroxyl groups is 3. The number of aliphatic hydroxyl groups excluding tert-OH is 3. The number of nitrogens with two attached hydrogens (primary N) is 1. The van der Waals surface area contributed by atoms with E-state index in [-0.39, 0.29) is 97.0 Å². The molecule has 0 saturated carbocycles. The Morgan fingerprint density at radius 3 is 1.19 bits per heavy atom. The average molecular weight is 918 g/mol. The number of amides is 1. The van der Waals surface area contributed by atoms with E-state index in [0.717, 1.165) is 6.61 Å². The molecule has 0 saturated heterocycles. The Morgan fingerprint density at radius 1 is 0.655 bits per heavy atom. The Balaban J connectivity index is -0.000000131. The van der Waals surface area contributed by atoms with E-state index in [4.69, 9.17) is 25.5 Å². The zero-order chi connectivity index (χ0) is 42.3. The summed E-state index contributed by atoms with van der Waals surface area (Å²) < 4.78 is 11.1. The second-order valence-electron chi connectivity index (χ2n) is 15.4. The van der Waals surface area contributed by atoms with Gasteiger partial charge in [-0.2, -0.15) is 54.0 Å². The summed E-state index contributed by atoms with van der Waals surface area (Å²) in [5, 5.41) is 37.3. The molecular weight excluding hydrogens is 829 g/mol. The number of hydrogen-bond acceptors (Lipinski definition) is 10. The second kappa shape index (κ2) is 42.4. The van der Waals surface area contributed by atoms with Crippen molar-refractivity contribution in [3.05, 3.63) is 60.7 Å². The van der Waals surface area contributed by atoms with E-state index < -0.39 is 8.32 Å². The lowest BCUT2D eigenvalue weighted by Crippen LogP contribution is -2.67. The van der Waals surface area contributed by atoms with Crippen LogP contribution >= 0.6 is 54.0 Å². The first-order valence-corrected chi connectivity index (χ1v) is 21.2. The van der Waals surface area contributed by atoms with Crippen molar-refractivity contribution in [3.8, 4) is 0 Å². The smallest absolute Gasteiger partial charge is 0.293 e. The third-order valence-corrected chi connectivity index (χ3v) is 14.0. The summed E-state index contributed by atoms with van der Waals surface area (Å²) in [5.74, 6) is 1.73. The van der Waals surface area contributed by atoms with Gasteiger partial charge in [-0.15, -0.1) is 0 Å². The van der Waals surface area contributed by atoms with Gasteiger partial charge >= 0.3 is 0 Å². The fourth-order valence-corrected chi connectivity index (χ4v) is 9.63. The highest BCUT2D eigenvalue weighted by Gasteiger charge is 2.50. The Kier molecular flexibility index (Phi) is 52.1. The van der Waals surface area contributed by atoms with Gasteiger partial charge in [0, 0.05) is 18.1 Å². The summed E-state index contributed by atoms with van der Waals surface area (Å²) in [6.07, 6.45) is 0.612. The summed E-state index contributed by atoms with van der Waals surface area (Å²) >= 11 is 0. The van der Waals surface area contributed by atoms with Gasteiger partial charge in [-0.25, -0.2) is 0 Å². The topological polar surface area (TPSA) is 175 Å². The predicted molar refractivity (Wildman–Crippen MR) is 270 cm³/mol. The lowest BCUT2D eigenvalue weighted by atomic mass is 10.1. The molecule has 0 heterocycles. The highest BCUT2D eigenvalue weighted by molar-refractivity contribution is 7.59. The quantitative estimate of drug-likeness (QED) is 0.0841. The van der Waals surface area contributed by atoms with E-state index in [2.05, 4.69) is 130 Å². The summed E-state index contributed by atoms with van der Waals surface area (Å²) in [4.78, 5) is 19.0. The molecule has 8 N–H and O–H groups in total. The van der Waals surface area contributed by atoms with Crippen LogP contribution in [0, 0.1) is 23.7 Å². The van der Waals surface area contributed by atoms with E-state index in [1.165, 1.54) is 10.4 Å². The van der Waals surface area contributed by atoms with Gasteiger partial charge in [-0.3, -0.25) is 9.59 Å². The molecule has 0 fully saturated rings. The van der Waals surface area contributed by atoms with Crippen molar-refractivity contribution < 1.29 is 34.1 Å². The molecule has 2 aromatic rings. The number of carbonyl (C=O) groups excluding carboxylic acids is 2. The first kappa shape index (κ1) is 71.2. The van der Waals surface area contributed by atoms with Crippen LogP contribution in [0.4, 0.5) is 0 Å². The van der Waals surface area contributed by atoms with Gasteiger partial charge in [-0.1, -0.05) is 137 Å². The fraction of sp³-hybridized carbons (Fsp3) is 0.667. The zero-order valence-electron chi connectivity index (χ0n) is 38.1. The van der Waals surface area contributed by atoms with Crippen LogP contribution in [-0.4, -0.2) is 108 Å². The van der Waals surface area contributed by atoms with Gasteiger partial charge in [-0.05, 0) is 60.1 Å². The molecule has 2 rings (SSSR count). The van der Waals surface area contributed by atoms with Crippen LogP contribution in [0.5, 0.6) is 0 Å². The SMILES string of the molecule is CC(C)C(CO)NC=O.CC(C)C(N)CO.CCOC=O.CNC(CO)C(C)C.CNC(CO[Si](c1ccccc1)(c1ccccc1)C(C)(C)C)C(C)C.S.S.S.S. The van der Waals surface area contributed by atoms with Gasteiger partial charge in [0.25, 0.3) is 14.8 Å². The normalized spacial score (nSPS) is 12.4. The van der Waals surface area contributed by atoms with E-state index in [1.54, 1.807) is 6.92 Å². The van der Waals surface area contributed by atoms with Crippen LogP contribution in [0.2, 0.25) is 5.04 Å². The molecule has 4 atom stereocenters. The molecular formula is C42H88N4O7S4Si. The minimum atomic E-state index is -2.41. The summed E-state index contributed by atoms with van der Waals surface area (Å²) in [7, 11) is 1.47. The second-order valence-corrected chi connectivity index (χ2v) is 19.7. The van der Waals surface area contributed by atoms with Crippen molar-refractivity contribution in [1.29, 1.82) is 0 Å². The Labute approximate surface area is 383 Å². The first-order chi connectivity index (χ1) is 25.4. The van der Waals surface area contributed by atoms with Gasteiger partial charge < -0.3 is 46.2 Å². The van der Waals surface area contributed by atoms with Crippen molar-refractivity contribution >= 4 is 85.6 Å². The Morgan fingerprint density at radius 2 is 1.03 bits per heavy atom. The van der Waals surface area contributed by atoms with E-state index in [9.17, 15) is 9.59 Å². The molecule has 2 aromatic carbocycles. The third-order valence-electron chi connectivity index (χ3n) is 9.03. The van der Waals surface area contributed by atoms with Crippen molar-refractivity contribution in [2.75, 3.05) is 47.1 Å². The number of rotatable bonds is 18. The molecule has 0 radical (unpaired) electrons. The maximum absolute atomic E-state index is 9.86. The van der Waals surface area contributed by atoms with E-state index in [1.807, 2.05) is 41.8 Å². The minimum Gasteiger partial charge on any atom is -0.468 e. The van der Waals surface area contributed by atoms with Gasteiger partial charge in [0.05, 0.1) is 39.1 Å². The molecule has 58 heavy (non-hydrogen) atoms. The maximum atomic E-state index is 9.86. The van der Waals surface area contributed by atoms with E-state index >= 15 is 0 Å². The highest BCUT2D eigenvalue weighted by atomic mass is 32.1. The molecule has 0 aliphatic rings. The third kappa shape index (κ3) is 29.9. The highest BCUT2D eigenvalue weighted by Crippen LogP contribution is 2.37. The lowest BCUT2D eigenvalue weighted by molar-refractivity contribution is -0.128. The Hall–Kier alpha value is -1.28. The molecule has 346 valence electrons. The van der Waals surface area contributed by atoms with Crippen LogP contribution in [0.15, 0.2) is 60.7 Å². The number of likely N-dealkylation sites (N-methyl/N-ethyl adjacent to an activating group) is 2. The first-order valence-electron chi connectivity index (χ1n) is 19.3. The molecule has 11 nitrogen and oxygen atoms in total. The minimum absolute atomic E-state index is 0. The van der Waals surface area contributed by atoms with Crippen molar-refractivity contribution in [2.45, 2.75) is 112 Å². The lowest BCUT2D eigenvalue weighted by Gasteiger charge is -2.44. The zero-order valence-corrected chi connectivity index (χ0v) is 43.1. The number of carbonyl (C=O) groups is 2. The van der Waals surface area contributed by atoms with Crippen LogP contribution in [-0.2, 0) is 18.8 Å². The predicted octanol–water partition coefficient (Wildman–Crippen LogP) is 4.37. The molecule has 1 amide bonds. The van der Waals surface area contributed by atoms with Crippen LogP contribution in [0.1, 0.15) is 83.1 Å². The van der Waals surface area contributed by atoms with Crippen LogP contribution in [0.25, 0.3) is 0 Å². The molecule has 0 aromatic heterocycles. The van der Waals surface area contributed by atoms with Crippen molar-refractivity contribution in [3.63, 3.8) is 0 Å². The van der Waals surface area contributed by atoms with Crippen molar-refractivity contribution in [2.24, 2.45) is 29.4 Å². The summed E-state index contributed by atoms with van der Waals surface area (Å²) in [6, 6.07) is 22.1. The summed E-state index contributed by atoms with van der Waals surface area (Å²) in [6.45, 7) is 27.2. The standard InChI is InChI=1S/C22H33NOSi.C6H13NO2.C6H15NO.C5H13NO.C3H6O2.4H2S/c1-18(2)21(23-6)17-24-25(22(3,4)5,19-13-9-7-10-14-19)20-15-11-8-12-16-20;1-5(2)6(3-8)7-4-9;1-5(2)6(4-8)7-3;1-4(2)5(6)3-7;1-2-5-3-4;;;;/h7-16,18,21,23H,17H2,1-6H3;4-6,8H,3H2,1-2H3,(H,7,9);5-8H,4H2,1-3H3;4-5,7H,3,6H2,1-2H3;3H,2H2,1H3;4*1H2. The van der Waals surface area contributed by atoms with Crippen molar-refractivity contribution in [1.82, 2.24) is 16.0 Å². The molecule has 4 unspecified atom stereocenters. The Bertz CT molecular complexity index is 1110. The summed E-state index contributed by atoms with van der Waals surface area (Å²) in [5.41, 5.74) is 5.37. The molecule has 0 aliphatic heterocycles. The van der Waals surface area contributed by atoms with Gasteiger partial charge in [0.1, 0.15) is 0 Å². The number of benzene rings is 2. The molecule has 0 bridgehead atoms. The maximum Gasteiger partial charge on any atom is 0.293 e. The molecule has 16 heteroatoms. The van der Waals surface area contributed by atoms with E-state index in [0.29, 0.717) is 49.2 Å².